The van der Waals surface area contributed by atoms with Crippen LogP contribution in [0.4, 0.5) is 8.78 Å². The summed E-state index contributed by atoms with van der Waals surface area (Å²) in [6.45, 7) is 3.75. The molecular weight excluding hydrogens is 464 g/mol. The van der Waals surface area contributed by atoms with E-state index in [4.69, 9.17) is 9.15 Å². The Labute approximate surface area is 207 Å². The molecule has 1 N–H and O–H groups in total. The SMILES string of the molecule is O=c1oc2cc(O)ccc2c(Cc2ccc(OCCN3CCCCC3)cc2)c1-c1ccc(F)cc1F. The highest BCUT2D eigenvalue weighted by molar-refractivity contribution is 5.88. The van der Waals surface area contributed by atoms with E-state index in [1.807, 2.05) is 24.3 Å². The van der Waals surface area contributed by atoms with Gasteiger partial charge in [0.1, 0.15) is 35.3 Å². The lowest BCUT2D eigenvalue weighted by atomic mass is 9.93. The zero-order valence-corrected chi connectivity index (χ0v) is 19.8. The van der Waals surface area contributed by atoms with E-state index in [0.717, 1.165) is 43.1 Å². The van der Waals surface area contributed by atoms with Gasteiger partial charge in [-0.2, -0.15) is 0 Å². The average molecular weight is 492 g/mol. The van der Waals surface area contributed by atoms with E-state index in [9.17, 15) is 18.7 Å². The molecule has 0 aliphatic carbocycles. The van der Waals surface area contributed by atoms with Crippen LogP contribution in [-0.2, 0) is 6.42 Å². The molecule has 0 amide bonds. The third-order valence-electron chi connectivity index (χ3n) is 6.63. The fraction of sp³-hybridized carbons (Fsp3) is 0.276. The third-order valence-corrected chi connectivity index (χ3v) is 6.63. The van der Waals surface area contributed by atoms with E-state index in [2.05, 4.69) is 4.90 Å². The molecule has 5 rings (SSSR count). The molecule has 1 aliphatic heterocycles. The molecule has 1 fully saturated rings. The van der Waals surface area contributed by atoms with Gasteiger partial charge in [-0.1, -0.05) is 18.6 Å². The van der Waals surface area contributed by atoms with Crippen LogP contribution in [0.25, 0.3) is 22.1 Å². The Morgan fingerprint density at radius 2 is 1.72 bits per heavy atom. The predicted molar refractivity (Wildman–Crippen MR) is 135 cm³/mol. The van der Waals surface area contributed by atoms with Crippen LogP contribution in [0.3, 0.4) is 0 Å². The van der Waals surface area contributed by atoms with Gasteiger partial charge in [-0.25, -0.2) is 13.6 Å². The van der Waals surface area contributed by atoms with Crippen molar-refractivity contribution in [2.24, 2.45) is 0 Å². The highest BCUT2D eigenvalue weighted by Gasteiger charge is 2.20. The molecule has 0 unspecified atom stereocenters. The van der Waals surface area contributed by atoms with Gasteiger partial charge in [0.25, 0.3) is 0 Å². The summed E-state index contributed by atoms with van der Waals surface area (Å²) in [5.74, 6) is -0.880. The fourth-order valence-corrected chi connectivity index (χ4v) is 4.79. The number of phenolic OH excluding ortho intramolecular Hbond substituents is 1. The minimum absolute atomic E-state index is 0.0345. The number of rotatable bonds is 7. The van der Waals surface area contributed by atoms with Gasteiger partial charge in [-0.05, 0) is 79.9 Å². The maximum atomic E-state index is 14.7. The molecule has 186 valence electrons. The second kappa shape index (κ2) is 10.5. The average Bonchev–Trinajstić information content (AvgIpc) is 2.86. The van der Waals surface area contributed by atoms with Gasteiger partial charge in [0, 0.05) is 29.6 Å². The molecule has 0 spiro atoms. The van der Waals surface area contributed by atoms with E-state index in [1.165, 1.54) is 37.5 Å². The van der Waals surface area contributed by atoms with E-state index in [-0.39, 0.29) is 22.5 Å². The van der Waals surface area contributed by atoms with Crippen molar-refractivity contribution in [3.05, 3.63) is 93.8 Å². The summed E-state index contributed by atoms with van der Waals surface area (Å²) >= 11 is 0. The molecule has 1 saturated heterocycles. The summed E-state index contributed by atoms with van der Waals surface area (Å²) < 4.78 is 39.6. The topological polar surface area (TPSA) is 62.9 Å². The molecule has 1 aromatic heterocycles. The predicted octanol–water partition coefficient (Wildman–Crippen LogP) is 5.90. The summed E-state index contributed by atoms with van der Waals surface area (Å²) in [6, 6.07) is 15.1. The molecule has 4 aromatic rings. The molecule has 5 nitrogen and oxygen atoms in total. The normalized spacial score (nSPS) is 14.3. The number of likely N-dealkylation sites (tertiary alicyclic amines) is 1. The van der Waals surface area contributed by atoms with Crippen molar-refractivity contribution in [3.8, 4) is 22.6 Å². The molecule has 0 saturated carbocycles. The number of halogens is 2. The van der Waals surface area contributed by atoms with Gasteiger partial charge in [-0.3, -0.25) is 4.90 Å². The highest BCUT2D eigenvalue weighted by Crippen LogP contribution is 2.33. The van der Waals surface area contributed by atoms with Gasteiger partial charge >= 0.3 is 5.63 Å². The molecular formula is C29H27F2NO4. The highest BCUT2D eigenvalue weighted by atomic mass is 19.1. The maximum absolute atomic E-state index is 14.7. The van der Waals surface area contributed by atoms with Crippen LogP contribution < -0.4 is 10.4 Å². The lowest BCUT2D eigenvalue weighted by molar-refractivity contribution is 0.183. The molecule has 1 aliphatic rings. The van der Waals surface area contributed by atoms with Crippen LogP contribution in [0.5, 0.6) is 11.5 Å². The molecule has 3 aromatic carbocycles. The number of aromatic hydroxyl groups is 1. The van der Waals surface area contributed by atoms with Crippen molar-refractivity contribution in [2.75, 3.05) is 26.2 Å². The minimum atomic E-state index is -0.848. The lowest BCUT2D eigenvalue weighted by Crippen LogP contribution is -2.33. The van der Waals surface area contributed by atoms with Gasteiger partial charge in [0.15, 0.2) is 0 Å². The standard InChI is InChI=1S/C29H27F2NO4/c30-20-6-10-24(26(31)17-20)28-25(23-11-7-21(33)18-27(23)36-29(28)34)16-19-4-8-22(9-5-19)35-15-14-32-12-2-1-3-13-32/h4-11,17-18,33H,1-3,12-16H2. The Morgan fingerprint density at radius 3 is 2.47 bits per heavy atom. The van der Waals surface area contributed by atoms with Gasteiger partial charge in [-0.15, -0.1) is 0 Å². The quantitative estimate of drug-likeness (QED) is 0.326. The summed E-state index contributed by atoms with van der Waals surface area (Å²) in [5, 5.41) is 10.4. The van der Waals surface area contributed by atoms with Crippen LogP contribution in [0.1, 0.15) is 30.4 Å². The molecule has 0 atom stereocenters. The van der Waals surface area contributed by atoms with E-state index in [0.29, 0.717) is 24.0 Å². The number of piperidine rings is 1. The Kier molecular flexibility index (Phi) is 7.00. The first-order valence-electron chi connectivity index (χ1n) is 12.2. The monoisotopic (exact) mass is 491 g/mol. The van der Waals surface area contributed by atoms with E-state index >= 15 is 0 Å². The first kappa shape index (κ1) is 24.0. The van der Waals surface area contributed by atoms with Crippen LogP contribution in [-0.4, -0.2) is 36.2 Å². The van der Waals surface area contributed by atoms with Gasteiger partial charge in [0.2, 0.25) is 0 Å². The fourth-order valence-electron chi connectivity index (χ4n) is 4.79. The third kappa shape index (κ3) is 5.26. The number of hydrogen-bond acceptors (Lipinski definition) is 5. The van der Waals surface area contributed by atoms with Gasteiger partial charge in [0.05, 0.1) is 5.56 Å². The largest absolute Gasteiger partial charge is 0.508 e. The lowest BCUT2D eigenvalue weighted by Gasteiger charge is -2.26. The Bertz CT molecular complexity index is 1430. The Balaban J connectivity index is 1.44. The summed E-state index contributed by atoms with van der Waals surface area (Å²) in [4.78, 5) is 15.4. The molecule has 0 bridgehead atoms. The number of nitrogens with zero attached hydrogens (tertiary/aromatic N) is 1. The van der Waals surface area contributed by atoms with E-state index in [1.54, 1.807) is 6.07 Å². The Morgan fingerprint density at radius 1 is 0.944 bits per heavy atom. The molecule has 7 heteroatoms. The number of phenols is 1. The number of fused-ring (bicyclic) bond motifs is 1. The summed E-state index contributed by atoms with van der Waals surface area (Å²) in [6.07, 6.45) is 4.08. The Hall–Kier alpha value is -3.71. The maximum Gasteiger partial charge on any atom is 0.344 e. The van der Waals surface area contributed by atoms with Crippen LogP contribution in [0.2, 0.25) is 0 Å². The summed E-state index contributed by atoms with van der Waals surface area (Å²) in [7, 11) is 0. The zero-order valence-electron chi connectivity index (χ0n) is 19.8. The van der Waals surface area contributed by atoms with Crippen molar-refractivity contribution < 1.29 is 23.0 Å². The minimum Gasteiger partial charge on any atom is -0.508 e. The first-order valence-corrected chi connectivity index (χ1v) is 12.2. The number of benzene rings is 3. The van der Waals surface area contributed by atoms with Crippen molar-refractivity contribution in [1.82, 2.24) is 4.90 Å². The van der Waals surface area contributed by atoms with Crippen LogP contribution in [0.15, 0.2) is 69.9 Å². The van der Waals surface area contributed by atoms with Crippen molar-refractivity contribution >= 4 is 11.0 Å². The van der Waals surface area contributed by atoms with E-state index < -0.39 is 17.3 Å². The molecule has 2 heterocycles. The number of hydrogen-bond donors (Lipinski definition) is 1. The smallest absolute Gasteiger partial charge is 0.344 e. The van der Waals surface area contributed by atoms with Crippen LogP contribution >= 0.6 is 0 Å². The van der Waals surface area contributed by atoms with Crippen LogP contribution in [0, 0.1) is 11.6 Å². The second-order valence-electron chi connectivity index (χ2n) is 9.12. The molecule has 36 heavy (non-hydrogen) atoms. The first-order chi connectivity index (χ1) is 17.5. The summed E-state index contributed by atoms with van der Waals surface area (Å²) in [5.41, 5.74) is 0.846. The second-order valence-corrected chi connectivity index (χ2v) is 9.12. The van der Waals surface area contributed by atoms with Crippen molar-refractivity contribution in [2.45, 2.75) is 25.7 Å². The van der Waals surface area contributed by atoms with Crippen molar-refractivity contribution in [3.63, 3.8) is 0 Å². The van der Waals surface area contributed by atoms with Gasteiger partial charge < -0.3 is 14.3 Å². The zero-order chi connectivity index (χ0) is 25.1. The van der Waals surface area contributed by atoms with Crippen molar-refractivity contribution in [1.29, 1.82) is 0 Å². The number of ether oxygens (including phenoxy) is 1. The molecule has 0 radical (unpaired) electrons.